The maximum absolute atomic E-state index is 13.9. The van der Waals surface area contributed by atoms with E-state index in [2.05, 4.69) is 37.4 Å². The third kappa shape index (κ3) is 6.89. The number of rotatable bonds is 10. The minimum absolute atomic E-state index is 0.0182. The standard InChI is InChI=1S/C32H38N2O4S/c1-23(2)25-10-12-26(13-11-25)38-22-29-28-15-18-39-30(28)14-16-34(29)32(36)21-33(20-27-9-6-17-37-27)31(35)19-24-7-4-3-5-8-24/h3-5,7-8,10-13,15,18,23,27,29H,6,9,14,16-17,19-22H2,1-2H3. The maximum atomic E-state index is 13.9. The summed E-state index contributed by atoms with van der Waals surface area (Å²) >= 11 is 1.74. The van der Waals surface area contributed by atoms with Gasteiger partial charge >= 0.3 is 0 Å². The van der Waals surface area contributed by atoms with Gasteiger partial charge in [-0.1, -0.05) is 56.3 Å². The highest BCUT2D eigenvalue weighted by Crippen LogP contribution is 2.34. The van der Waals surface area contributed by atoms with Crippen LogP contribution in [-0.2, 0) is 27.2 Å². The summed E-state index contributed by atoms with van der Waals surface area (Å²) in [5.74, 6) is 1.17. The van der Waals surface area contributed by atoms with Crippen molar-refractivity contribution in [3.8, 4) is 5.75 Å². The number of hydrogen-bond donors (Lipinski definition) is 0. The third-order valence-corrected chi connectivity index (χ3v) is 8.69. The van der Waals surface area contributed by atoms with Crippen LogP contribution >= 0.6 is 11.3 Å². The zero-order chi connectivity index (χ0) is 27.2. The van der Waals surface area contributed by atoms with E-state index in [1.54, 1.807) is 16.2 Å². The van der Waals surface area contributed by atoms with Crippen LogP contribution < -0.4 is 4.74 Å². The summed E-state index contributed by atoms with van der Waals surface area (Å²) in [6.45, 7) is 6.54. The molecule has 2 atom stereocenters. The molecule has 2 unspecified atom stereocenters. The molecule has 0 aliphatic carbocycles. The molecular weight excluding hydrogens is 508 g/mol. The predicted molar refractivity (Wildman–Crippen MR) is 154 cm³/mol. The quantitative estimate of drug-likeness (QED) is 0.331. The Bertz CT molecular complexity index is 1230. The van der Waals surface area contributed by atoms with Crippen molar-refractivity contribution in [3.05, 3.63) is 87.6 Å². The molecule has 0 N–H and O–H groups in total. The second kappa shape index (κ2) is 12.8. The predicted octanol–water partition coefficient (Wildman–Crippen LogP) is 5.63. The molecule has 1 saturated heterocycles. The summed E-state index contributed by atoms with van der Waals surface area (Å²) in [4.78, 5) is 32.2. The first-order valence-electron chi connectivity index (χ1n) is 14.0. The summed E-state index contributed by atoms with van der Waals surface area (Å²) in [5, 5.41) is 2.09. The molecule has 2 aliphatic rings. The van der Waals surface area contributed by atoms with Crippen molar-refractivity contribution >= 4 is 23.2 Å². The first-order chi connectivity index (χ1) is 19.0. The van der Waals surface area contributed by atoms with Gasteiger partial charge in [0.25, 0.3) is 0 Å². The molecule has 206 valence electrons. The second-order valence-electron chi connectivity index (χ2n) is 10.8. The molecule has 2 aliphatic heterocycles. The number of benzene rings is 2. The second-order valence-corrected chi connectivity index (χ2v) is 11.8. The zero-order valence-corrected chi connectivity index (χ0v) is 23.7. The van der Waals surface area contributed by atoms with Crippen molar-refractivity contribution in [2.45, 2.75) is 57.6 Å². The largest absolute Gasteiger partial charge is 0.491 e. The van der Waals surface area contributed by atoms with Crippen molar-refractivity contribution in [2.24, 2.45) is 0 Å². The van der Waals surface area contributed by atoms with Crippen LogP contribution in [-0.4, -0.2) is 60.6 Å². The van der Waals surface area contributed by atoms with E-state index in [0.717, 1.165) is 36.1 Å². The van der Waals surface area contributed by atoms with Gasteiger partial charge in [-0.15, -0.1) is 11.3 Å². The molecule has 1 aromatic heterocycles. The van der Waals surface area contributed by atoms with E-state index in [1.165, 1.54) is 10.4 Å². The topological polar surface area (TPSA) is 59.1 Å². The van der Waals surface area contributed by atoms with Crippen LogP contribution in [0.5, 0.6) is 5.75 Å². The van der Waals surface area contributed by atoms with E-state index in [9.17, 15) is 9.59 Å². The lowest BCUT2D eigenvalue weighted by Crippen LogP contribution is -2.49. The zero-order valence-electron chi connectivity index (χ0n) is 22.9. The molecular formula is C32H38N2O4S. The summed E-state index contributed by atoms with van der Waals surface area (Å²) in [6, 6.07) is 19.8. The van der Waals surface area contributed by atoms with Crippen LogP contribution in [0.15, 0.2) is 66.0 Å². The molecule has 0 spiro atoms. The maximum Gasteiger partial charge on any atom is 0.242 e. The molecule has 39 heavy (non-hydrogen) atoms. The molecule has 3 heterocycles. The van der Waals surface area contributed by atoms with E-state index >= 15 is 0 Å². The number of carbonyl (C=O) groups excluding carboxylic acids is 2. The monoisotopic (exact) mass is 546 g/mol. The van der Waals surface area contributed by atoms with Crippen LogP contribution in [0.1, 0.15) is 60.2 Å². The minimum atomic E-state index is -0.189. The lowest BCUT2D eigenvalue weighted by Gasteiger charge is -2.37. The van der Waals surface area contributed by atoms with Gasteiger partial charge in [-0.25, -0.2) is 0 Å². The highest BCUT2D eigenvalue weighted by atomic mass is 32.1. The average Bonchev–Trinajstić information content (AvgIpc) is 3.64. The fraction of sp³-hybridized carbons (Fsp3) is 0.438. The minimum Gasteiger partial charge on any atom is -0.491 e. The Labute approximate surface area is 235 Å². The van der Waals surface area contributed by atoms with E-state index in [-0.39, 0.29) is 36.9 Å². The number of ether oxygens (including phenoxy) is 2. The lowest BCUT2D eigenvalue weighted by molar-refractivity contribution is -0.143. The van der Waals surface area contributed by atoms with Crippen LogP contribution in [0.2, 0.25) is 0 Å². The fourth-order valence-electron chi connectivity index (χ4n) is 5.42. The number of amides is 2. The lowest BCUT2D eigenvalue weighted by atomic mass is 10.00. The van der Waals surface area contributed by atoms with Gasteiger partial charge in [-0.3, -0.25) is 9.59 Å². The van der Waals surface area contributed by atoms with Crippen LogP contribution in [0, 0.1) is 0 Å². The van der Waals surface area contributed by atoms with E-state index in [0.29, 0.717) is 32.2 Å². The highest BCUT2D eigenvalue weighted by Gasteiger charge is 2.34. The molecule has 3 aromatic rings. The average molecular weight is 547 g/mol. The molecule has 7 heteroatoms. The molecule has 0 radical (unpaired) electrons. The molecule has 0 bridgehead atoms. The third-order valence-electron chi connectivity index (χ3n) is 7.69. The van der Waals surface area contributed by atoms with Crippen LogP contribution in [0.4, 0.5) is 0 Å². The summed E-state index contributed by atoms with van der Waals surface area (Å²) < 4.78 is 12.1. The van der Waals surface area contributed by atoms with E-state index in [4.69, 9.17) is 9.47 Å². The summed E-state index contributed by atoms with van der Waals surface area (Å²) in [5.41, 5.74) is 3.37. The van der Waals surface area contributed by atoms with Crippen molar-refractivity contribution in [1.82, 2.24) is 9.80 Å². The number of thiophene rings is 1. The molecule has 2 aromatic carbocycles. The Hall–Kier alpha value is -3.16. The number of hydrogen-bond acceptors (Lipinski definition) is 5. The van der Waals surface area contributed by atoms with Gasteiger partial charge in [0, 0.05) is 24.6 Å². The number of nitrogens with zero attached hydrogens (tertiary/aromatic N) is 2. The Morgan fingerprint density at radius 3 is 2.62 bits per heavy atom. The van der Waals surface area contributed by atoms with Gasteiger partial charge in [-0.05, 0) is 65.4 Å². The Morgan fingerprint density at radius 2 is 1.90 bits per heavy atom. The summed E-state index contributed by atoms with van der Waals surface area (Å²) in [6.07, 6.45) is 2.98. The van der Waals surface area contributed by atoms with Crippen molar-refractivity contribution in [3.63, 3.8) is 0 Å². The van der Waals surface area contributed by atoms with Crippen molar-refractivity contribution in [2.75, 3.05) is 32.8 Å². The SMILES string of the molecule is CC(C)c1ccc(OCC2c3ccsc3CCN2C(=O)CN(CC2CCCO2)C(=O)Cc2ccccc2)cc1. The van der Waals surface area contributed by atoms with Gasteiger partial charge in [0.2, 0.25) is 11.8 Å². The Morgan fingerprint density at radius 1 is 1.10 bits per heavy atom. The van der Waals surface area contributed by atoms with Crippen molar-refractivity contribution in [1.29, 1.82) is 0 Å². The van der Waals surface area contributed by atoms with Crippen LogP contribution in [0.3, 0.4) is 0 Å². The molecule has 1 fully saturated rings. The van der Waals surface area contributed by atoms with E-state index < -0.39 is 0 Å². The van der Waals surface area contributed by atoms with Gasteiger partial charge in [0.1, 0.15) is 12.4 Å². The Kier molecular flexibility index (Phi) is 8.99. The number of fused-ring (bicyclic) bond motifs is 1. The van der Waals surface area contributed by atoms with E-state index in [1.807, 2.05) is 47.4 Å². The molecule has 5 rings (SSSR count). The molecule has 0 saturated carbocycles. The van der Waals surface area contributed by atoms with Gasteiger partial charge < -0.3 is 19.3 Å². The first kappa shape index (κ1) is 27.4. The molecule has 6 nitrogen and oxygen atoms in total. The van der Waals surface area contributed by atoms with Crippen molar-refractivity contribution < 1.29 is 19.1 Å². The number of carbonyl (C=O) groups is 2. The summed E-state index contributed by atoms with van der Waals surface area (Å²) in [7, 11) is 0. The fourth-order valence-corrected chi connectivity index (χ4v) is 6.35. The smallest absolute Gasteiger partial charge is 0.242 e. The van der Waals surface area contributed by atoms with Gasteiger partial charge in [-0.2, -0.15) is 0 Å². The normalized spacial score (nSPS) is 18.7. The highest BCUT2D eigenvalue weighted by molar-refractivity contribution is 7.10. The Balaban J connectivity index is 1.30. The van der Waals surface area contributed by atoms with Gasteiger partial charge in [0.05, 0.1) is 25.1 Å². The van der Waals surface area contributed by atoms with Crippen LogP contribution in [0.25, 0.3) is 0 Å². The molecule has 2 amide bonds. The van der Waals surface area contributed by atoms with Gasteiger partial charge in [0.15, 0.2) is 0 Å². The first-order valence-corrected chi connectivity index (χ1v) is 14.9.